The molecule has 1 N–H and O–H groups in total. The third-order valence-electron chi connectivity index (χ3n) is 9.14. The maximum absolute atomic E-state index is 12.2. The first kappa shape index (κ1) is 25.9. The van der Waals surface area contributed by atoms with E-state index in [2.05, 4.69) is 40.2 Å². The molecule has 1 saturated carbocycles. The van der Waals surface area contributed by atoms with E-state index in [-0.39, 0.29) is 29.3 Å². The molecule has 206 valence electrons. The van der Waals surface area contributed by atoms with Gasteiger partial charge in [-0.25, -0.2) is 0 Å². The number of hydrogen-bond acceptors (Lipinski definition) is 5. The number of aryl methyl sites for hydroxylation is 1. The Morgan fingerprint density at radius 2 is 1.95 bits per heavy atom. The number of nitrogens with zero attached hydrogens (tertiary/aromatic N) is 6. The molecule has 0 bridgehead atoms. The van der Waals surface area contributed by atoms with E-state index < -0.39 is 0 Å². The van der Waals surface area contributed by atoms with Gasteiger partial charge in [-0.1, -0.05) is 25.1 Å². The van der Waals surface area contributed by atoms with Gasteiger partial charge in [0, 0.05) is 73.3 Å². The lowest BCUT2D eigenvalue weighted by Gasteiger charge is -2.58. The highest BCUT2D eigenvalue weighted by atomic mass is 35.5. The molecule has 0 radical (unpaired) electrons. The first-order chi connectivity index (χ1) is 18.7. The van der Waals surface area contributed by atoms with Crippen LogP contribution in [-0.4, -0.2) is 80.4 Å². The van der Waals surface area contributed by atoms with Gasteiger partial charge in [0.2, 0.25) is 11.8 Å². The lowest BCUT2D eigenvalue weighted by molar-refractivity contribution is -0.149. The van der Waals surface area contributed by atoms with Crippen molar-refractivity contribution in [2.24, 2.45) is 5.41 Å². The highest BCUT2D eigenvalue weighted by molar-refractivity contribution is 6.36. The van der Waals surface area contributed by atoms with Gasteiger partial charge in [-0.2, -0.15) is 10.2 Å². The average molecular weight is 550 g/mol. The number of carbonyl (C=O) groups excluding carboxylic acids is 2. The van der Waals surface area contributed by atoms with Crippen LogP contribution >= 0.6 is 11.6 Å². The van der Waals surface area contributed by atoms with Gasteiger partial charge in [-0.05, 0) is 50.8 Å². The van der Waals surface area contributed by atoms with Crippen LogP contribution in [0.3, 0.4) is 0 Å². The van der Waals surface area contributed by atoms with Crippen LogP contribution in [0.2, 0.25) is 5.02 Å². The van der Waals surface area contributed by atoms with Gasteiger partial charge in [0.05, 0.1) is 22.8 Å². The van der Waals surface area contributed by atoms with E-state index in [1.165, 1.54) is 6.08 Å². The fourth-order valence-electron chi connectivity index (χ4n) is 6.99. The van der Waals surface area contributed by atoms with Gasteiger partial charge in [0.15, 0.2) is 5.82 Å². The second-order valence-electron chi connectivity index (χ2n) is 11.6. The molecule has 1 atom stereocenters. The van der Waals surface area contributed by atoms with Crippen molar-refractivity contribution in [3.63, 3.8) is 0 Å². The Bertz CT molecular complexity index is 1480. The summed E-state index contributed by atoms with van der Waals surface area (Å²) in [7, 11) is 0. The minimum Gasteiger partial charge on any atom is -0.348 e. The van der Waals surface area contributed by atoms with Gasteiger partial charge >= 0.3 is 0 Å². The Morgan fingerprint density at radius 3 is 2.62 bits per heavy atom. The SMILES string of the molecule is C=CC(=O)N1CC2(CC(n3nc(N4CCN(C(C)=O)C[C@@H]4CC)c(-c4c(Cl)c(C)cc5[nH]ncc45)c3C)C2)C1. The molecule has 2 amide bonds. The highest BCUT2D eigenvalue weighted by Crippen LogP contribution is 2.55. The number of piperazine rings is 1. The van der Waals surface area contributed by atoms with E-state index in [0.29, 0.717) is 24.7 Å². The number of halogens is 1. The van der Waals surface area contributed by atoms with Gasteiger partial charge in [-0.15, -0.1) is 0 Å². The predicted molar refractivity (Wildman–Crippen MR) is 153 cm³/mol. The number of aromatic amines is 1. The van der Waals surface area contributed by atoms with Crippen molar-refractivity contribution in [1.29, 1.82) is 0 Å². The van der Waals surface area contributed by atoms with Crippen LogP contribution in [0, 0.1) is 19.3 Å². The number of rotatable bonds is 5. The number of aromatic nitrogens is 4. The first-order valence-electron chi connectivity index (χ1n) is 13.8. The second kappa shape index (κ2) is 9.40. The van der Waals surface area contributed by atoms with Gasteiger partial charge in [0.25, 0.3) is 0 Å². The van der Waals surface area contributed by atoms with Crippen LogP contribution in [0.25, 0.3) is 22.0 Å². The molecular weight excluding hydrogens is 514 g/mol. The summed E-state index contributed by atoms with van der Waals surface area (Å²) in [6.07, 6.45) is 6.13. The molecular formula is C29H36ClN7O2. The third-order valence-corrected chi connectivity index (χ3v) is 9.63. The number of benzene rings is 1. The quantitative estimate of drug-likeness (QED) is 0.473. The smallest absolute Gasteiger partial charge is 0.245 e. The molecule has 2 aromatic heterocycles. The average Bonchev–Trinajstić information content (AvgIpc) is 3.47. The minimum absolute atomic E-state index is 0.0115. The van der Waals surface area contributed by atoms with Crippen molar-refractivity contribution in [1.82, 2.24) is 29.8 Å². The summed E-state index contributed by atoms with van der Waals surface area (Å²) in [6, 6.07) is 2.46. The molecule has 1 spiro atoms. The Hall–Kier alpha value is -3.33. The van der Waals surface area contributed by atoms with E-state index in [9.17, 15) is 9.59 Å². The lowest BCUT2D eigenvalue weighted by atomic mass is 9.60. The molecule has 3 fully saturated rings. The molecule has 1 aliphatic carbocycles. The zero-order valence-corrected chi connectivity index (χ0v) is 23.9. The Morgan fingerprint density at radius 1 is 1.21 bits per heavy atom. The van der Waals surface area contributed by atoms with Gasteiger partial charge in [0.1, 0.15) is 0 Å². The molecule has 9 nitrogen and oxygen atoms in total. The summed E-state index contributed by atoms with van der Waals surface area (Å²) < 4.78 is 2.20. The van der Waals surface area contributed by atoms with Crippen molar-refractivity contribution in [2.45, 2.75) is 59.0 Å². The highest BCUT2D eigenvalue weighted by Gasteiger charge is 2.54. The maximum Gasteiger partial charge on any atom is 0.245 e. The van der Waals surface area contributed by atoms with Crippen LogP contribution < -0.4 is 4.90 Å². The zero-order valence-electron chi connectivity index (χ0n) is 23.1. The molecule has 10 heteroatoms. The van der Waals surface area contributed by atoms with E-state index in [1.807, 2.05) is 29.0 Å². The summed E-state index contributed by atoms with van der Waals surface area (Å²) in [5.41, 5.74) is 5.20. The van der Waals surface area contributed by atoms with Crippen LogP contribution in [0.15, 0.2) is 24.9 Å². The topological polar surface area (TPSA) is 90.4 Å². The number of H-pyrrole nitrogens is 1. The van der Waals surface area contributed by atoms with Gasteiger partial charge < -0.3 is 14.7 Å². The fourth-order valence-corrected chi connectivity index (χ4v) is 7.24. The number of anilines is 1. The molecule has 3 aromatic rings. The molecule has 6 rings (SSSR count). The van der Waals surface area contributed by atoms with Gasteiger partial charge in [-0.3, -0.25) is 19.4 Å². The molecule has 4 heterocycles. The molecule has 0 unspecified atom stereocenters. The zero-order chi connectivity index (χ0) is 27.6. The van der Waals surface area contributed by atoms with Crippen molar-refractivity contribution < 1.29 is 9.59 Å². The summed E-state index contributed by atoms with van der Waals surface area (Å²) in [5, 5.41) is 14.4. The summed E-state index contributed by atoms with van der Waals surface area (Å²) in [6.45, 7) is 15.2. The first-order valence-corrected chi connectivity index (χ1v) is 14.2. The molecule has 3 aliphatic rings. The lowest BCUT2D eigenvalue weighted by Crippen LogP contribution is -2.63. The van der Waals surface area contributed by atoms with Crippen LogP contribution in [0.5, 0.6) is 0 Å². The predicted octanol–water partition coefficient (Wildman–Crippen LogP) is 4.49. The number of likely N-dealkylation sites (tertiary alicyclic amines) is 1. The fraction of sp³-hybridized carbons (Fsp3) is 0.517. The maximum atomic E-state index is 12.2. The standard InChI is InChI=1S/C29H36ClN7O2/c1-6-20-14-34(19(5)38)8-9-36(20)28-25(26-22-13-31-32-23(22)10-17(3)27(26)30)18(4)37(33-28)21-11-29(12-21)15-35(16-29)24(39)7-2/h7,10,13,20-21H,2,6,8-9,11-12,14-16H2,1,3-5H3,(H,31,32)/t20-/m0/s1. The second-order valence-corrected chi connectivity index (χ2v) is 12.0. The molecule has 1 aromatic carbocycles. The van der Waals surface area contributed by atoms with E-state index >= 15 is 0 Å². The largest absolute Gasteiger partial charge is 0.348 e. The number of carbonyl (C=O) groups is 2. The van der Waals surface area contributed by atoms with E-state index in [1.54, 1.807) is 6.92 Å². The molecule has 2 aliphatic heterocycles. The van der Waals surface area contributed by atoms with Crippen molar-refractivity contribution in [3.8, 4) is 11.1 Å². The Kier molecular flexibility index (Phi) is 6.25. The summed E-state index contributed by atoms with van der Waals surface area (Å²) in [5.74, 6) is 1.05. The summed E-state index contributed by atoms with van der Waals surface area (Å²) >= 11 is 7.06. The van der Waals surface area contributed by atoms with Crippen molar-refractivity contribution >= 4 is 40.1 Å². The minimum atomic E-state index is 0.0115. The Balaban J connectivity index is 1.42. The number of hydrogen-bond donors (Lipinski definition) is 1. The van der Waals surface area contributed by atoms with Crippen LogP contribution in [0.4, 0.5) is 5.82 Å². The third kappa shape index (κ3) is 4.04. The molecule has 39 heavy (non-hydrogen) atoms. The monoisotopic (exact) mass is 549 g/mol. The van der Waals surface area contributed by atoms with Crippen molar-refractivity contribution in [3.05, 3.63) is 41.2 Å². The molecule has 2 saturated heterocycles. The van der Waals surface area contributed by atoms with Crippen LogP contribution in [-0.2, 0) is 9.59 Å². The van der Waals surface area contributed by atoms with E-state index in [0.717, 1.165) is 71.5 Å². The van der Waals surface area contributed by atoms with E-state index in [4.69, 9.17) is 16.7 Å². The number of amides is 2. The Labute approximate surface area is 233 Å². The van der Waals surface area contributed by atoms with Crippen LogP contribution in [0.1, 0.15) is 50.4 Å². The van der Waals surface area contributed by atoms with Crippen molar-refractivity contribution in [2.75, 3.05) is 37.6 Å². The summed E-state index contributed by atoms with van der Waals surface area (Å²) in [4.78, 5) is 30.4. The number of fused-ring (bicyclic) bond motifs is 1. The number of nitrogens with one attached hydrogen (secondary N) is 1. The normalized spacial score (nSPS) is 20.8.